The molecular formula is C12H20BrNOSi. The monoisotopic (exact) mass is 301 g/mol. The molecule has 0 unspecified atom stereocenters. The maximum absolute atomic E-state index is 6.06. The third-order valence-corrected chi connectivity index (χ3v) is 3.33. The van der Waals surface area contributed by atoms with Crippen molar-refractivity contribution < 1.29 is 4.43 Å². The van der Waals surface area contributed by atoms with Crippen LogP contribution in [0.2, 0.25) is 19.6 Å². The van der Waals surface area contributed by atoms with Gasteiger partial charge in [0, 0.05) is 16.6 Å². The zero-order chi connectivity index (χ0) is 12.2. The van der Waals surface area contributed by atoms with Crippen molar-refractivity contribution in [1.29, 1.82) is 0 Å². The molecule has 0 aliphatic heterocycles. The standard InChI is InChI=1S/C12H20BrNOSi/c1-5-14-9-10-8-11(13)6-7-12(10)15-16(2,3)4/h6-8,14H,5,9H2,1-4H3. The van der Waals surface area contributed by atoms with Crippen LogP contribution in [0.1, 0.15) is 12.5 Å². The predicted molar refractivity (Wildman–Crippen MR) is 75.5 cm³/mol. The van der Waals surface area contributed by atoms with Crippen molar-refractivity contribution in [2.45, 2.75) is 33.1 Å². The minimum Gasteiger partial charge on any atom is -0.544 e. The Labute approximate surface area is 108 Å². The first-order valence-electron chi connectivity index (χ1n) is 5.60. The van der Waals surface area contributed by atoms with Gasteiger partial charge in [-0.15, -0.1) is 0 Å². The average molecular weight is 302 g/mol. The average Bonchev–Trinajstić information content (AvgIpc) is 2.16. The lowest BCUT2D eigenvalue weighted by molar-refractivity contribution is 0.543. The number of rotatable bonds is 5. The lowest BCUT2D eigenvalue weighted by Crippen LogP contribution is -2.30. The van der Waals surface area contributed by atoms with Crippen LogP contribution in [-0.2, 0) is 6.54 Å². The van der Waals surface area contributed by atoms with Crippen LogP contribution in [0.3, 0.4) is 0 Å². The lowest BCUT2D eigenvalue weighted by atomic mass is 10.2. The smallest absolute Gasteiger partial charge is 0.242 e. The molecule has 4 heteroatoms. The summed E-state index contributed by atoms with van der Waals surface area (Å²) in [5.41, 5.74) is 1.22. The van der Waals surface area contributed by atoms with Gasteiger partial charge in [0.1, 0.15) is 5.75 Å². The molecule has 0 aliphatic rings. The topological polar surface area (TPSA) is 21.3 Å². The molecule has 90 valence electrons. The Morgan fingerprint density at radius 1 is 1.31 bits per heavy atom. The minimum atomic E-state index is -1.53. The number of benzene rings is 1. The van der Waals surface area contributed by atoms with Gasteiger partial charge >= 0.3 is 0 Å². The van der Waals surface area contributed by atoms with Crippen molar-refractivity contribution in [2.75, 3.05) is 6.54 Å². The molecule has 0 aliphatic carbocycles. The van der Waals surface area contributed by atoms with Crippen molar-refractivity contribution in [3.05, 3.63) is 28.2 Å². The van der Waals surface area contributed by atoms with E-state index < -0.39 is 8.32 Å². The third kappa shape index (κ3) is 4.68. The van der Waals surface area contributed by atoms with Crippen LogP contribution in [0.25, 0.3) is 0 Å². The summed E-state index contributed by atoms with van der Waals surface area (Å²) >= 11 is 3.50. The Kier molecular flexibility index (Phi) is 5.02. The Morgan fingerprint density at radius 2 is 2.00 bits per heavy atom. The second-order valence-electron chi connectivity index (χ2n) is 4.75. The molecule has 0 saturated carbocycles. The number of hydrogen-bond acceptors (Lipinski definition) is 2. The first kappa shape index (κ1) is 13.7. The highest BCUT2D eigenvalue weighted by molar-refractivity contribution is 9.10. The molecule has 0 saturated heterocycles. The van der Waals surface area contributed by atoms with E-state index in [1.807, 2.05) is 6.07 Å². The molecule has 0 radical (unpaired) electrons. The third-order valence-electron chi connectivity index (χ3n) is 2.00. The van der Waals surface area contributed by atoms with E-state index in [-0.39, 0.29) is 0 Å². The molecule has 0 aromatic heterocycles. The maximum Gasteiger partial charge on any atom is 0.242 e. The van der Waals surface area contributed by atoms with Crippen LogP contribution in [0, 0.1) is 0 Å². The van der Waals surface area contributed by atoms with Gasteiger partial charge in [-0.3, -0.25) is 0 Å². The van der Waals surface area contributed by atoms with Gasteiger partial charge in [0.05, 0.1) is 0 Å². The fourth-order valence-electron chi connectivity index (χ4n) is 1.38. The largest absolute Gasteiger partial charge is 0.544 e. The van der Waals surface area contributed by atoms with Crippen LogP contribution < -0.4 is 9.74 Å². The fourth-order valence-corrected chi connectivity index (χ4v) is 2.64. The van der Waals surface area contributed by atoms with E-state index in [9.17, 15) is 0 Å². The molecule has 1 aromatic carbocycles. The zero-order valence-corrected chi connectivity index (χ0v) is 13.0. The van der Waals surface area contributed by atoms with Crippen LogP contribution in [0.15, 0.2) is 22.7 Å². The molecule has 1 N–H and O–H groups in total. The van der Waals surface area contributed by atoms with Crippen molar-refractivity contribution in [3.8, 4) is 5.75 Å². The summed E-state index contributed by atoms with van der Waals surface area (Å²) in [7, 11) is -1.53. The highest BCUT2D eigenvalue weighted by atomic mass is 79.9. The predicted octanol–water partition coefficient (Wildman–Crippen LogP) is 3.77. The molecule has 1 rings (SSSR count). The highest BCUT2D eigenvalue weighted by Gasteiger charge is 2.18. The van der Waals surface area contributed by atoms with Gasteiger partial charge in [-0.1, -0.05) is 22.9 Å². The van der Waals surface area contributed by atoms with Crippen LogP contribution in [0.4, 0.5) is 0 Å². The van der Waals surface area contributed by atoms with Gasteiger partial charge in [0.2, 0.25) is 8.32 Å². The molecule has 0 spiro atoms. The molecule has 0 fully saturated rings. The summed E-state index contributed by atoms with van der Waals surface area (Å²) in [5.74, 6) is 1.02. The van der Waals surface area contributed by atoms with E-state index in [0.29, 0.717) is 0 Å². The lowest BCUT2D eigenvalue weighted by Gasteiger charge is -2.22. The highest BCUT2D eigenvalue weighted by Crippen LogP contribution is 2.25. The molecule has 0 heterocycles. The minimum absolute atomic E-state index is 0.857. The van der Waals surface area contributed by atoms with Crippen molar-refractivity contribution in [2.24, 2.45) is 0 Å². The van der Waals surface area contributed by atoms with E-state index in [4.69, 9.17) is 4.43 Å². The zero-order valence-electron chi connectivity index (χ0n) is 10.4. The molecule has 0 atom stereocenters. The van der Waals surface area contributed by atoms with E-state index >= 15 is 0 Å². The number of nitrogens with one attached hydrogen (secondary N) is 1. The second-order valence-corrected chi connectivity index (χ2v) is 10.1. The van der Waals surface area contributed by atoms with Crippen molar-refractivity contribution in [3.63, 3.8) is 0 Å². The number of halogens is 1. The van der Waals surface area contributed by atoms with Gasteiger partial charge in [-0.05, 0) is 44.4 Å². The molecule has 2 nitrogen and oxygen atoms in total. The fraction of sp³-hybridized carbons (Fsp3) is 0.500. The molecule has 1 aromatic rings. The molecule has 0 amide bonds. The number of hydrogen-bond donors (Lipinski definition) is 1. The van der Waals surface area contributed by atoms with Crippen LogP contribution >= 0.6 is 15.9 Å². The first-order chi connectivity index (χ1) is 7.42. The van der Waals surface area contributed by atoms with Crippen LogP contribution in [0.5, 0.6) is 5.75 Å². The summed E-state index contributed by atoms with van der Waals surface area (Å²) in [6.45, 7) is 10.5. The van der Waals surface area contributed by atoms with E-state index in [2.05, 4.69) is 59.9 Å². The summed E-state index contributed by atoms with van der Waals surface area (Å²) in [6, 6.07) is 6.21. The second kappa shape index (κ2) is 5.84. The molecular weight excluding hydrogens is 282 g/mol. The van der Waals surface area contributed by atoms with Crippen LogP contribution in [-0.4, -0.2) is 14.9 Å². The van der Waals surface area contributed by atoms with Gasteiger partial charge in [-0.2, -0.15) is 0 Å². The maximum atomic E-state index is 6.06. The van der Waals surface area contributed by atoms with Crippen molar-refractivity contribution in [1.82, 2.24) is 5.32 Å². The van der Waals surface area contributed by atoms with E-state index in [1.54, 1.807) is 0 Å². The molecule has 0 bridgehead atoms. The summed E-state index contributed by atoms with van der Waals surface area (Å²) < 4.78 is 7.16. The van der Waals surface area contributed by atoms with Gasteiger partial charge < -0.3 is 9.74 Å². The van der Waals surface area contributed by atoms with Crippen molar-refractivity contribution >= 4 is 24.2 Å². The summed E-state index contributed by atoms with van der Waals surface area (Å²) in [6.07, 6.45) is 0. The molecule has 16 heavy (non-hydrogen) atoms. The Morgan fingerprint density at radius 3 is 2.56 bits per heavy atom. The summed E-state index contributed by atoms with van der Waals surface area (Å²) in [5, 5.41) is 3.33. The quantitative estimate of drug-likeness (QED) is 0.836. The van der Waals surface area contributed by atoms with E-state index in [1.165, 1.54) is 5.56 Å². The van der Waals surface area contributed by atoms with Gasteiger partial charge in [0.15, 0.2) is 0 Å². The Hall–Kier alpha value is -0.323. The Bertz CT molecular complexity index is 349. The van der Waals surface area contributed by atoms with E-state index in [0.717, 1.165) is 23.3 Å². The summed E-state index contributed by atoms with van der Waals surface area (Å²) in [4.78, 5) is 0. The van der Waals surface area contributed by atoms with Gasteiger partial charge in [-0.25, -0.2) is 0 Å². The Balaban J connectivity index is 2.89. The SMILES string of the molecule is CCNCc1cc(Br)ccc1O[Si](C)(C)C. The first-order valence-corrected chi connectivity index (χ1v) is 9.80. The normalized spacial score (nSPS) is 11.6. The van der Waals surface area contributed by atoms with Gasteiger partial charge in [0.25, 0.3) is 0 Å².